The molecule has 3 rings (SSSR count). The Bertz CT molecular complexity index is 473. The predicted molar refractivity (Wildman–Crippen MR) is 74.9 cm³/mol. The molecule has 1 amide bonds. The van der Waals surface area contributed by atoms with E-state index in [1.807, 2.05) is 10.8 Å². The number of aliphatic hydroxyl groups excluding tert-OH is 1. The summed E-state index contributed by atoms with van der Waals surface area (Å²) in [6.45, 7) is 3.77. The van der Waals surface area contributed by atoms with Gasteiger partial charge in [0.2, 0.25) is 5.91 Å². The van der Waals surface area contributed by atoms with Crippen LogP contribution in [0.15, 0.2) is 18.7 Å². The van der Waals surface area contributed by atoms with Gasteiger partial charge in [0.25, 0.3) is 0 Å². The highest BCUT2D eigenvalue weighted by Crippen LogP contribution is 2.46. The average Bonchev–Trinajstić information content (AvgIpc) is 3.02. The van der Waals surface area contributed by atoms with E-state index in [0.717, 1.165) is 32.2 Å². The van der Waals surface area contributed by atoms with Crippen molar-refractivity contribution in [1.82, 2.24) is 14.5 Å². The Balaban J connectivity index is 1.61. The number of imidazole rings is 1. The quantitative estimate of drug-likeness (QED) is 0.909. The van der Waals surface area contributed by atoms with E-state index in [9.17, 15) is 9.90 Å². The molecule has 0 bridgehead atoms. The van der Waals surface area contributed by atoms with Crippen LogP contribution in [0.5, 0.6) is 0 Å². The van der Waals surface area contributed by atoms with Gasteiger partial charge in [-0.25, -0.2) is 4.98 Å². The van der Waals surface area contributed by atoms with E-state index in [0.29, 0.717) is 19.0 Å². The topological polar surface area (TPSA) is 58.4 Å². The van der Waals surface area contributed by atoms with Gasteiger partial charge in [0.05, 0.1) is 12.4 Å². The maximum atomic E-state index is 12.4. The highest BCUT2D eigenvalue weighted by atomic mass is 16.3. The largest absolute Gasteiger partial charge is 0.393 e. The summed E-state index contributed by atoms with van der Waals surface area (Å²) in [5.74, 6) is 0.240. The molecule has 0 spiro atoms. The van der Waals surface area contributed by atoms with Crippen molar-refractivity contribution in [3.8, 4) is 0 Å². The number of nitrogens with zero attached hydrogens (tertiary/aromatic N) is 3. The van der Waals surface area contributed by atoms with Gasteiger partial charge in [-0.1, -0.05) is 6.92 Å². The van der Waals surface area contributed by atoms with Gasteiger partial charge in [-0.3, -0.25) is 4.79 Å². The molecular weight excluding hydrogens is 254 g/mol. The summed E-state index contributed by atoms with van der Waals surface area (Å²) in [4.78, 5) is 18.5. The molecule has 20 heavy (non-hydrogen) atoms. The molecule has 110 valence electrons. The second-order valence-electron chi connectivity index (χ2n) is 6.49. The van der Waals surface area contributed by atoms with Gasteiger partial charge in [-0.15, -0.1) is 0 Å². The molecule has 5 nitrogen and oxygen atoms in total. The minimum absolute atomic E-state index is 0.113. The summed E-state index contributed by atoms with van der Waals surface area (Å²) in [5.41, 5.74) is 0.113. The van der Waals surface area contributed by atoms with E-state index in [1.165, 1.54) is 0 Å². The standard InChI is InChI=1S/C15H23N3O2/c1-15-5-8-18(13(15)3-2-12(19)10-15)14(20)4-7-17-9-6-16-11-17/h6,9,11-13,19H,2-5,7-8,10H2,1H3/t12-,13-,15+/m1/s1. The first-order valence-corrected chi connectivity index (χ1v) is 7.52. The van der Waals surface area contributed by atoms with Crippen molar-refractivity contribution >= 4 is 5.91 Å². The van der Waals surface area contributed by atoms with Gasteiger partial charge in [0, 0.05) is 37.9 Å². The number of amides is 1. The summed E-state index contributed by atoms with van der Waals surface area (Å²) in [6.07, 6.45) is 9.34. The molecule has 0 unspecified atom stereocenters. The molecule has 1 saturated carbocycles. The van der Waals surface area contributed by atoms with Crippen LogP contribution in [0.25, 0.3) is 0 Å². The molecule has 2 fully saturated rings. The maximum Gasteiger partial charge on any atom is 0.224 e. The van der Waals surface area contributed by atoms with E-state index in [4.69, 9.17) is 0 Å². The van der Waals surface area contributed by atoms with Crippen LogP contribution in [-0.4, -0.2) is 44.2 Å². The van der Waals surface area contributed by atoms with Crippen LogP contribution in [0.3, 0.4) is 0 Å². The Morgan fingerprint density at radius 3 is 3.10 bits per heavy atom. The van der Waals surface area contributed by atoms with Crippen LogP contribution in [0.2, 0.25) is 0 Å². The van der Waals surface area contributed by atoms with E-state index in [-0.39, 0.29) is 17.4 Å². The average molecular weight is 277 g/mol. The number of aliphatic hydroxyl groups is 1. The summed E-state index contributed by atoms with van der Waals surface area (Å²) < 4.78 is 1.94. The fourth-order valence-electron chi connectivity index (χ4n) is 3.89. The Morgan fingerprint density at radius 1 is 1.50 bits per heavy atom. The summed E-state index contributed by atoms with van der Waals surface area (Å²) in [7, 11) is 0. The third-order valence-corrected chi connectivity index (χ3v) is 5.04. The zero-order valence-electron chi connectivity index (χ0n) is 12.0. The Morgan fingerprint density at radius 2 is 2.35 bits per heavy atom. The molecule has 3 atom stereocenters. The van der Waals surface area contributed by atoms with Gasteiger partial charge in [-0.05, 0) is 31.1 Å². The lowest BCUT2D eigenvalue weighted by atomic mass is 9.71. The van der Waals surface area contributed by atoms with Crippen LogP contribution >= 0.6 is 0 Å². The molecule has 0 radical (unpaired) electrons. The number of fused-ring (bicyclic) bond motifs is 1. The van der Waals surface area contributed by atoms with E-state index in [1.54, 1.807) is 12.5 Å². The van der Waals surface area contributed by atoms with Crippen LogP contribution in [-0.2, 0) is 11.3 Å². The highest BCUT2D eigenvalue weighted by molar-refractivity contribution is 5.77. The Kier molecular flexibility index (Phi) is 3.54. The van der Waals surface area contributed by atoms with Gasteiger partial charge in [-0.2, -0.15) is 0 Å². The number of rotatable bonds is 3. The zero-order chi connectivity index (χ0) is 14.2. The van der Waals surface area contributed by atoms with Gasteiger partial charge >= 0.3 is 0 Å². The van der Waals surface area contributed by atoms with Crippen molar-refractivity contribution in [1.29, 1.82) is 0 Å². The highest BCUT2D eigenvalue weighted by Gasteiger charge is 2.48. The fraction of sp³-hybridized carbons (Fsp3) is 0.733. The first kappa shape index (κ1) is 13.6. The number of hydrogen-bond acceptors (Lipinski definition) is 3. The van der Waals surface area contributed by atoms with Crippen LogP contribution in [0.4, 0.5) is 0 Å². The lowest BCUT2D eigenvalue weighted by Gasteiger charge is -2.41. The zero-order valence-corrected chi connectivity index (χ0v) is 12.0. The van der Waals surface area contributed by atoms with Crippen molar-refractivity contribution in [2.24, 2.45) is 5.41 Å². The van der Waals surface area contributed by atoms with Crippen LogP contribution in [0.1, 0.15) is 39.0 Å². The van der Waals surface area contributed by atoms with Gasteiger partial charge < -0.3 is 14.6 Å². The molecule has 1 aromatic rings. The SMILES string of the molecule is C[C@@]12CCN(C(=O)CCn3ccnc3)[C@@H]1CC[C@@H](O)C2. The molecule has 1 aromatic heterocycles. The molecule has 1 saturated heterocycles. The van der Waals surface area contributed by atoms with Crippen molar-refractivity contribution in [3.05, 3.63) is 18.7 Å². The Hall–Kier alpha value is -1.36. The molecular formula is C15H23N3O2. The minimum atomic E-state index is -0.183. The van der Waals surface area contributed by atoms with Crippen molar-refractivity contribution in [2.75, 3.05) is 6.54 Å². The monoisotopic (exact) mass is 277 g/mol. The predicted octanol–water partition coefficient (Wildman–Crippen LogP) is 1.43. The van der Waals surface area contributed by atoms with Crippen LogP contribution < -0.4 is 0 Å². The van der Waals surface area contributed by atoms with Crippen LogP contribution in [0, 0.1) is 5.41 Å². The smallest absolute Gasteiger partial charge is 0.224 e. The summed E-state index contributed by atoms with van der Waals surface area (Å²) in [5, 5.41) is 9.86. The van der Waals surface area contributed by atoms with Gasteiger partial charge in [0.1, 0.15) is 0 Å². The number of aryl methyl sites for hydroxylation is 1. The number of carbonyl (C=O) groups excluding carboxylic acids is 1. The lowest BCUT2D eigenvalue weighted by molar-refractivity contribution is -0.134. The van der Waals surface area contributed by atoms with E-state index < -0.39 is 0 Å². The maximum absolute atomic E-state index is 12.4. The summed E-state index contributed by atoms with van der Waals surface area (Å²) >= 11 is 0. The third kappa shape index (κ3) is 2.46. The van der Waals surface area contributed by atoms with E-state index >= 15 is 0 Å². The molecule has 1 N–H and O–H groups in total. The first-order chi connectivity index (χ1) is 9.58. The normalized spacial score (nSPS) is 33.2. The fourth-order valence-corrected chi connectivity index (χ4v) is 3.89. The minimum Gasteiger partial charge on any atom is -0.393 e. The summed E-state index contributed by atoms with van der Waals surface area (Å²) in [6, 6.07) is 0.321. The molecule has 1 aliphatic carbocycles. The van der Waals surface area contributed by atoms with E-state index in [2.05, 4.69) is 16.8 Å². The molecule has 2 aliphatic rings. The number of carbonyl (C=O) groups is 1. The number of aromatic nitrogens is 2. The van der Waals surface area contributed by atoms with Gasteiger partial charge in [0.15, 0.2) is 0 Å². The molecule has 5 heteroatoms. The van der Waals surface area contributed by atoms with Crippen molar-refractivity contribution in [2.45, 2.75) is 57.7 Å². The molecule has 2 heterocycles. The number of likely N-dealkylation sites (tertiary alicyclic amines) is 1. The molecule has 1 aliphatic heterocycles. The van der Waals surface area contributed by atoms with Crippen molar-refractivity contribution in [3.63, 3.8) is 0 Å². The lowest BCUT2D eigenvalue weighted by Crippen LogP contribution is -2.46. The molecule has 0 aromatic carbocycles. The second kappa shape index (κ2) is 5.20. The van der Waals surface area contributed by atoms with Crippen molar-refractivity contribution < 1.29 is 9.90 Å². The number of hydrogen-bond donors (Lipinski definition) is 1. The third-order valence-electron chi connectivity index (χ3n) is 5.04. The second-order valence-corrected chi connectivity index (χ2v) is 6.49. The Labute approximate surface area is 119 Å². The first-order valence-electron chi connectivity index (χ1n) is 7.52.